The number of aromatic amines is 1. The van der Waals surface area contributed by atoms with Gasteiger partial charge in [-0.2, -0.15) is 5.10 Å². The third kappa shape index (κ3) is 3.07. The zero-order valence-electron chi connectivity index (χ0n) is 15.6. The average Bonchev–Trinajstić information content (AvgIpc) is 3.18. The zero-order chi connectivity index (χ0) is 18.9. The lowest BCUT2D eigenvalue weighted by atomic mass is 10.1. The molecule has 0 saturated carbocycles. The molecule has 3 aromatic rings. The van der Waals surface area contributed by atoms with Crippen molar-refractivity contribution < 1.29 is 14.3 Å². The molecule has 1 aromatic heterocycles. The minimum atomic E-state index is -0.00840. The standard InChI is InChI=1S/C21H22N4O3/c26-21(19-16-5-1-2-6-17(16)22-23-19)25-10-8-24(9-11-25)14-15-4-3-7-18-20(15)28-13-12-27-18/h1-7H,8-14H2,(H,22,23). The van der Waals surface area contributed by atoms with Crippen LogP contribution in [0.4, 0.5) is 0 Å². The lowest BCUT2D eigenvalue weighted by Gasteiger charge is -2.35. The summed E-state index contributed by atoms with van der Waals surface area (Å²) in [5.74, 6) is 1.67. The van der Waals surface area contributed by atoms with Crippen LogP contribution in [0.15, 0.2) is 42.5 Å². The summed E-state index contributed by atoms with van der Waals surface area (Å²) in [4.78, 5) is 17.2. The Kier molecular flexibility index (Phi) is 4.37. The van der Waals surface area contributed by atoms with E-state index in [1.165, 1.54) is 0 Å². The van der Waals surface area contributed by atoms with Crippen LogP contribution in [0.3, 0.4) is 0 Å². The van der Waals surface area contributed by atoms with Crippen molar-refractivity contribution in [2.24, 2.45) is 0 Å². The summed E-state index contributed by atoms with van der Waals surface area (Å²) in [5.41, 5.74) is 2.53. The molecule has 28 heavy (non-hydrogen) atoms. The zero-order valence-corrected chi connectivity index (χ0v) is 15.6. The summed E-state index contributed by atoms with van der Waals surface area (Å²) in [6.07, 6.45) is 0. The molecule has 7 nitrogen and oxygen atoms in total. The first-order valence-corrected chi connectivity index (χ1v) is 9.62. The highest BCUT2D eigenvalue weighted by atomic mass is 16.6. The first-order chi connectivity index (χ1) is 13.8. The van der Waals surface area contributed by atoms with Gasteiger partial charge in [-0.25, -0.2) is 0 Å². The van der Waals surface area contributed by atoms with Crippen molar-refractivity contribution in [2.45, 2.75) is 6.54 Å². The molecule has 2 aliphatic heterocycles. The van der Waals surface area contributed by atoms with Crippen LogP contribution < -0.4 is 9.47 Å². The molecule has 5 rings (SSSR count). The molecule has 1 amide bonds. The molecule has 0 unspecified atom stereocenters. The highest BCUT2D eigenvalue weighted by Gasteiger charge is 2.26. The van der Waals surface area contributed by atoms with Crippen molar-refractivity contribution in [2.75, 3.05) is 39.4 Å². The number of hydrogen-bond donors (Lipinski definition) is 1. The summed E-state index contributed by atoms with van der Waals surface area (Å²) < 4.78 is 11.5. The molecular weight excluding hydrogens is 356 g/mol. The predicted octanol–water partition coefficient (Wildman–Crippen LogP) is 2.29. The SMILES string of the molecule is O=C(c1n[nH]c2ccccc12)N1CCN(Cc2cccc3c2OCCO3)CC1. The maximum absolute atomic E-state index is 12.9. The number of H-pyrrole nitrogens is 1. The van der Waals surface area contributed by atoms with Gasteiger partial charge in [0, 0.05) is 43.7 Å². The van der Waals surface area contributed by atoms with Gasteiger partial charge in [0.05, 0.1) is 5.52 Å². The number of piperazine rings is 1. The van der Waals surface area contributed by atoms with Gasteiger partial charge in [0.1, 0.15) is 13.2 Å². The molecule has 144 valence electrons. The molecule has 1 fully saturated rings. The van der Waals surface area contributed by atoms with E-state index >= 15 is 0 Å². The first-order valence-electron chi connectivity index (χ1n) is 9.62. The Balaban J connectivity index is 1.25. The van der Waals surface area contributed by atoms with Gasteiger partial charge >= 0.3 is 0 Å². The fourth-order valence-electron chi connectivity index (χ4n) is 3.88. The van der Waals surface area contributed by atoms with E-state index in [1.807, 2.05) is 41.3 Å². The van der Waals surface area contributed by atoms with E-state index < -0.39 is 0 Å². The lowest BCUT2D eigenvalue weighted by Crippen LogP contribution is -2.48. The van der Waals surface area contributed by atoms with Crippen LogP contribution in [0.5, 0.6) is 11.5 Å². The number of hydrogen-bond acceptors (Lipinski definition) is 5. The molecule has 1 saturated heterocycles. The van der Waals surface area contributed by atoms with Gasteiger partial charge in [-0.3, -0.25) is 14.8 Å². The molecule has 3 heterocycles. The number of rotatable bonds is 3. The second kappa shape index (κ2) is 7.16. The van der Waals surface area contributed by atoms with Gasteiger partial charge < -0.3 is 14.4 Å². The van der Waals surface area contributed by atoms with Crippen molar-refractivity contribution in [3.8, 4) is 11.5 Å². The predicted molar refractivity (Wildman–Crippen MR) is 105 cm³/mol. The van der Waals surface area contributed by atoms with Gasteiger partial charge in [0.15, 0.2) is 17.2 Å². The number of nitrogens with zero attached hydrogens (tertiary/aromatic N) is 3. The van der Waals surface area contributed by atoms with Gasteiger partial charge in [0.2, 0.25) is 0 Å². The molecular formula is C21H22N4O3. The lowest BCUT2D eigenvalue weighted by molar-refractivity contribution is 0.0622. The van der Waals surface area contributed by atoms with Crippen molar-refractivity contribution >= 4 is 16.8 Å². The summed E-state index contributed by atoms with van der Waals surface area (Å²) in [6, 6.07) is 13.8. The Morgan fingerprint density at radius 1 is 1.00 bits per heavy atom. The summed E-state index contributed by atoms with van der Waals surface area (Å²) in [6.45, 7) is 4.99. The molecule has 0 aliphatic carbocycles. The van der Waals surface area contributed by atoms with E-state index in [2.05, 4.69) is 21.2 Å². The van der Waals surface area contributed by atoms with Crippen LogP contribution in [-0.4, -0.2) is 65.3 Å². The summed E-state index contributed by atoms with van der Waals surface area (Å²) in [7, 11) is 0. The van der Waals surface area contributed by atoms with Crippen molar-refractivity contribution in [3.63, 3.8) is 0 Å². The topological polar surface area (TPSA) is 70.7 Å². The quantitative estimate of drug-likeness (QED) is 0.757. The minimum Gasteiger partial charge on any atom is -0.486 e. The Labute approximate surface area is 162 Å². The molecule has 2 aromatic carbocycles. The Bertz CT molecular complexity index is 1010. The molecule has 0 atom stereocenters. The van der Waals surface area contributed by atoms with E-state index in [0.29, 0.717) is 32.0 Å². The maximum Gasteiger partial charge on any atom is 0.275 e. The summed E-state index contributed by atoms with van der Waals surface area (Å²) in [5, 5.41) is 8.07. The van der Waals surface area contributed by atoms with Crippen molar-refractivity contribution in [1.82, 2.24) is 20.0 Å². The number of ether oxygens (including phenoxy) is 2. The second-order valence-electron chi connectivity index (χ2n) is 7.13. The van der Waals surface area contributed by atoms with Crippen LogP contribution >= 0.6 is 0 Å². The number of fused-ring (bicyclic) bond motifs is 2. The van der Waals surface area contributed by atoms with Crippen LogP contribution in [0.25, 0.3) is 10.9 Å². The van der Waals surface area contributed by atoms with Crippen molar-refractivity contribution in [1.29, 1.82) is 0 Å². The Morgan fingerprint density at radius 2 is 1.82 bits per heavy atom. The van der Waals surface area contributed by atoms with Crippen LogP contribution in [0.2, 0.25) is 0 Å². The third-order valence-corrected chi connectivity index (χ3v) is 5.37. The fourth-order valence-corrected chi connectivity index (χ4v) is 3.88. The highest BCUT2D eigenvalue weighted by Crippen LogP contribution is 2.34. The number of carbonyl (C=O) groups excluding carboxylic acids is 1. The number of benzene rings is 2. The van der Waals surface area contributed by atoms with E-state index in [4.69, 9.17) is 9.47 Å². The molecule has 2 aliphatic rings. The smallest absolute Gasteiger partial charge is 0.275 e. The van der Waals surface area contributed by atoms with Crippen LogP contribution in [-0.2, 0) is 6.54 Å². The van der Waals surface area contributed by atoms with E-state index in [9.17, 15) is 4.79 Å². The van der Waals surface area contributed by atoms with E-state index in [1.54, 1.807) is 0 Å². The Hall–Kier alpha value is -3.06. The molecule has 0 spiro atoms. The largest absolute Gasteiger partial charge is 0.486 e. The minimum absolute atomic E-state index is 0.00840. The molecule has 7 heteroatoms. The van der Waals surface area contributed by atoms with Crippen LogP contribution in [0, 0.1) is 0 Å². The number of amides is 1. The monoisotopic (exact) mass is 378 g/mol. The van der Waals surface area contributed by atoms with E-state index in [0.717, 1.165) is 47.6 Å². The third-order valence-electron chi connectivity index (χ3n) is 5.37. The van der Waals surface area contributed by atoms with Gasteiger partial charge in [0.25, 0.3) is 5.91 Å². The highest BCUT2D eigenvalue weighted by molar-refractivity contribution is 6.04. The number of aromatic nitrogens is 2. The van der Waals surface area contributed by atoms with E-state index in [-0.39, 0.29) is 5.91 Å². The first kappa shape index (κ1) is 17.1. The number of carbonyl (C=O) groups is 1. The second-order valence-corrected chi connectivity index (χ2v) is 7.13. The van der Waals surface area contributed by atoms with Crippen LogP contribution in [0.1, 0.15) is 16.1 Å². The average molecular weight is 378 g/mol. The maximum atomic E-state index is 12.9. The van der Waals surface area contributed by atoms with Gasteiger partial charge in [-0.15, -0.1) is 0 Å². The molecule has 1 N–H and O–H groups in total. The summed E-state index contributed by atoms with van der Waals surface area (Å²) >= 11 is 0. The number of nitrogens with one attached hydrogen (secondary N) is 1. The fraction of sp³-hybridized carbons (Fsp3) is 0.333. The van der Waals surface area contributed by atoms with Gasteiger partial charge in [-0.1, -0.05) is 30.3 Å². The molecule has 0 bridgehead atoms. The van der Waals surface area contributed by atoms with Gasteiger partial charge in [-0.05, 0) is 12.1 Å². The van der Waals surface area contributed by atoms with Crippen molar-refractivity contribution in [3.05, 3.63) is 53.7 Å². The normalized spacial score (nSPS) is 17.1. The molecule has 0 radical (unpaired) electrons. The number of para-hydroxylation sites is 2. The Morgan fingerprint density at radius 3 is 2.71 bits per heavy atom.